The molecule has 2 aromatic carbocycles. The zero-order valence-corrected chi connectivity index (χ0v) is 17.0. The summed E-state index contributed by atoms with van der Waals surface area (Å²) >= 11 is 13.3. The molecule has 1 fully saturated rings. The smallest absolute Gasteiger partial charge is 0.264 e. The van der Waals surface area contributed by atoms with Crippen molar-refractivity contribution < 1.29 is 9.21 Å². The van der Waals surface area contributed by atoms with E-state index in [-0.39, 0.29) is 5.91 Å². The largest absolute Gasteiger partial charge is 0.457 e. The molecule has 7 heteroatoms. The maximum Gasteiger partial charge on any atom is 0.264 e. The van der Waals surface area contributed by atoms with Gasteiger partial charge in [-0.2, -0.15) is 0 Å². The first-order valence-corrected chi connectivity index (χ1v) is 9.97. The SMILES string of the molecule is Cc1ccc(N=C2NC(=O)C(=Cc3ccc(-c4ccc(Cl)c(Cl)c4)o3)S2)cc1. The van der Waals surface area contributed by atoms with Crippen molar-refractivity contribution in [3.8, 4) is 11.3 Å². The van der Waals surface area contributed by atoms with Gasteiger partial charge in [0.25, 0.3) is 5.91 Å². The molecule has 0 aliphatic carbocycles. The molecule has 3 aromatic rings. The van der Waals surface area contributed by atoms with Crippen molar-refractivity contribution in [2.75, 3.05) is 0 Å². The topological polar surface area (TPSA) is 54.6 Å². The standard InChI is InChI=1S/C21H14Cl2N2O2S/c1-12-2-5-14(6-3-12)24-21-25-20(26)19(28-21)11-15-7-9-18(27-15)13-4-8-16(22)17(23)10-13/h2-11H,1H3,(H,24,25,26). The number of carbonyl (C=O) groups excluding carboxylic acids is 1. The highest BCUT2D eigenvalue weighted by Gasteiger charge is 2.24. The third-order valence-electron chi connectivity index (χ3n) is 4.02. The monoisotopic (exact) mass is 428 g/mol. The minimum atomic E-state index is -0.205. The molecule has 0 bridgehead atoms. The number of halogens is 2. The van der Waals surface area contributed by atoms with Gasteiger partial charge in [-0.05, 0) is 61.2 Å². The number of hydrogen-bond donors (Lipinski definition) is 1. The second-order valence-corrected chi connectivity index (χ2v) is 7.99. The van der Waals surface area contributed by atoms with E-state index in [2.05, 4.69) is 10.3 Å². The molecule has 140 valence electrons. The van der Waals surface area contributed by atoms with Crippen molar-refractivity contribution in [2.24, 2.45) is 4.99 Å². The number of amides is 1. The number of aryl methyl sites for hydroxylation is 1. The average Bonchev–Trinajstić information content (AvgIpc) is 3.27. The van der Waals surface area contributed by atoms with Crippen molar-refractivity contribution in [1.82, 2.24) is 5.32 Å². The van der Waals surface area contributed by atoms with E-state index in [1.165, 1.54) is 11.8 Å². The number of benzene rings is 2. The second-order valence-electron chi connectivity index (χ2n) is 6.15. The van der Waals surface area contributed by atoms with Crippen LogP contribution in [0, 0.1) is 6.92 Å². The van der Waals surface area contributed by atoms with E-state index < -0.39 is 0 Å². The lowest BCUT2D eigenvalue weighted by atomic mass is 10.2. The zero-order valence-electron chi connectivity index (χ0n) is 14.7. The summed E-state index contributed by atoms with van der Waals surface area (Å²) in [6.45, 7) is 2.01. The van der Waals surface area contributed by atoms with Crippen molar-refractivity contribution in [2.45, 2.75) is 6.92 Å². The molecule has 1 aliphatic heterocycles. The van der Waals surface area contributed by atoms with Gasteiger partial charge >= 0.3 is 0 Å². The third-order valence-corrected chi connectivity index (χ3v) is 5.67. The van der Waals surface area contributed by atoms with Gasteiger partial charge in [0.15, 0.2) is 5.17 Å². The van der Waals surface area contributed by atoms with Gasteiger partial charge in [-0.1, -0.05) is 40.9 Å². The van der Waals surface area contributed by atoms with E-state index in [9.17, 15) is 4.79 Å². The maximum atomic E-state index is 12.2. The van der Waals surface area contributed by atoms with Crippen molar-refractivity contribution in [3.05, 3.63) is 80.9 Å². The minimum absolute atomic E-state index is 0.205. The van der Waals surface area contributed by atoms with Crippen LogP contribution in [-0.2, 0) is 4.79 Å². The molecule has 1 aliphatic rings. The van der Waals surface area contributed by atoms with Crippen LogP contribution < -0.4 is 5.32 Å². The fraction of sp³-hybridized carbons (Fsp3) is 0.0476. The van der Waals surface area contributed by atoms with Gasteiger partial charge in [-0.15, -0.1) is 0 Å². The summed E-state index contributed by atoms with van der Waals surface area (Å²) in [6, 6.07) is 16.7. The number of thioether (sulfide) groups is 1. The molecule has 0 atom stereocenters. The van der Waals surface area contributed by atoms with Crippen LogP contribution in [0.3, 0.4) is 0 Å². The first-order valence-electron chi connectivity index (χ1n) is 8.39. The molecule has 1 aromatic heterocycles. The number of carbonyl (C=O) groups is 1. The van der Waals surface area contributed by atoms with Crippen LogP contribution in [0.2, 0.25) is 10.0 Å². The fourth-order valence-electron chi connectivity index (χ4n) is 2.58. The first kappa shape index (κ1) is 18.9. The Morgan fingerprint density at radius 3 is 2.57 bits per heavy atom. The van der Waals surface area contributed by atoms with Crippen LogP contribution in [0.15, 0.2) is 68.9 Å². The molecule has 1 amide bonds. The van der Waals surface area contributed by atoms with Crippen LogP contribution >= 0.6 is 35.0 Å². The molecule has 1 saturated heterocycles. The molecular formula is C21H14Cl2N2O2S. The summed E-state index contributed by atoms with van der Waals surface area (Å²) in [7, 11) is 0. The van der Waals surface area contributed by atoms with Gasteiger partial charge in [0.1, 0.15) is 11.5 Å². The lowest BCUT2D eigenvalue weighted by molar-refractivity contribution is -0.115. The molecule has 0 saturated carbocycles. The van der Waals surface area contributed by atoms with E-state index in [4.69, 9.17) is 27.6 Å². The Hall–Kier alpha value is -2.47. The molecule has 0 spiro atoms. The van der Waals surface area contributed by atoms with Gasteiger partial charge in [-0.3, -0.25) is 4.79 Å². The molecule has 1 N–H and O–H groups in total. The van der Waals surface area contributed by atoms with E-state index >= 15 is 0 Å². The van der Waals surface area contributed by atoms with Gasteiger partial charge in [0.05, 0.1) is 20.6 Å². The van der Waals surface area contributed by atoms with E-state index in [0.29, 0.717) is 31.6 Å². The molecule has 4 rings (SSSR count). The van der Waals surface area contributed by atoms with Crippen LogP contribution in [-0.4, -0.2) is 11.1 Å². The highest BCUT2D eigenvalue weighted by atomic mass is 35.5. The number of furan rings is 1. The predicted molar refractivity (Wildman–Crippen MR) is 116 cm³/mol. The molecular weight excluding hydrogens is 415 g/mol. The molecule has 2 heterocycles. The first-order chi connectivity index (χ1) is 13.5. The van der Waals surface area contributed by atoms with E-state index in [0.717, 1.165) is 16.8 Å². The fourth-order valence-corrected chi connectivity index (χ4v) is 3.70. The van der Waals surface area contributed by atoms with E-state index in [1.54, 1.807) is 24.3 Å². The Morgan fingerprint density at radius 1 is 1.04 bits per heavy atom. The molecule has 0 unspecified atom stereocenters. The lowest BCUT2D eigenvalue weighted by Crippen LogP contribution is -2.19. The number of nitrogens with zero attached hydrogens (tertiary/aromatic N) is 1. The van der Waals surface area contributed by atoms with Crippen LogP contribution in [0.4, 0.5) is 5.69 Å². The summed E-state index contributed by atoms with van der Waals surface area (Å²) < 4.78 is 5.83. The zero-order chi connectivity index (χ0) is 19.7. The highest BCUT2D eigenvalue weighted by Crippen LogP contribution is 2.32. The molecule has 28 heavy (non-hydrogen) atoms. The van der Waals surface area contributed by atoms with E-state index in [1.807, 2.05) is 43.3 Å². The Labute approximate surface area is 176 Å². The van der Waals surface area contributed by atoms with Crippen LogP contribution in [0.1, 0.15) is 11.3 Å². The Morgan fingerprint density at radius 2 is 1.82 bits per heavy atom. The highest BCUT2D eigenvalue weighted by molar-refractivity contribution is 8.18. The summed E-state index contributed by atoms with van der Waals surface area (Å²) in [4.78, 5) is 17.2. The quantitative estimate of drug-likeness (QED) is 0.487. The van der Waals surface area contributed by atoms with Gasteiger partial charge in [0.2, 0.25) is 0 Å². The normalized spacial score (nSPS) is 16.8. The number of nitrogens with one attached hydrogen (secondary N) is 1. The van der Waals surface area contributed by atoms with Crippen molar-refractivity contribution in [3.63, 3.8) is 0 Å². The van der Waals surface area contributed by atoms with Crippen molar-refractivity contribution >= 4 is 57.8 Å². The number of amidine groups is 1. The second kappa shape index (κ2) is 7.87. The molecule has 0 radical (unpaired) electrons. The number of aliphatic imine (C=N–C) groups is 1. The number of hydrogen-bond acceptors (Lipinski definition) is 4. The third kappa shape index (κ3) is 4.17. The van der Waals surface area contributed by atoms with Gasteiger partial charge < -0.3 is 9.73 Å². The molecule has 4 nitrogen and oxygen atoms in total. The summed E-state index contributed by atoms with van der Waals surface area (Å²) in [5.74, 6) is 1.00. The Kier molecular flexibility index (Phi) is 5.31. The van der Waals surface area contributed by atoms with Gasteiger partial charge in [0, 0.05) is 11.6 Å². The summed E-state index contributed by atoms with van der Waals surface area (Å²) in [5.41, 5.74) is 2.75. The Bertz CT molecular complexity index is 1120. The Balaban J connectivity index is 1.54. The van der Waals surface area contributed by atoms with Crippen LogP contribution in [0.25, 0.3) is 17.4 Å². The lowest BCUT2D eigenvalue weighted by Gasteiger charge is -1.99. The van der Waals surface area contributed by atoms with Crippen molar-refractivity contribution in [1.29, 1.82) is 0 Å². The minimum Gasteiger partial charge on any atom is -0.457 e. The van der Waals surface area contributed by atoms with Crippen LogP contribution in [0.5, 0.6) is 0 Å². The predicted octanol–water partition coefficient (Wildman–Crippen LogP) is 6.45. The average molecular weight is 429 g/mol. The summed E-state index contributed by atoms with van der Waals surface area (Å²) in [5, 5.41) is 4.25. The summed E-state index contributed by atoms with van der Waals surface area (Å²) in [6.07, 6.45) is 1.69. The maximum absolute atomic E-state index is 12.2. The van der Waals surface area contributed by atoms with Gasteiger partial charge in [-0.25, -0.2) is 4.99 Å². The number of rotatable bonds is 3.